The Kier molecular flexibility index (Phi) is 4.54. The first-order valence-electron chi connectivity index (χ1n) is 6.32. The second-order valence-corrected chi connectivity index (χ2v) is 7.16. The number of nitrogens with zero attached hydrogens (tertiary/aromatic N) is 1. The van der Waals surface area contributed by atoms with Crippen molar-refractivity contribution in [3.8, 4) is 0 Å². The van der Waals surface area contributed by atoms with Crippen molar-refractivity contribution in [1.82, 2.24) is 4.90 Å². The predicted molar refractivity (Wildman–Crippen MR) is 71.1 cm³/mol. The molecule has 106 valence electrons. The van der Waals surface area contributed by atoms with Gasteiger partial charge in [-0.25, -0.2) is 12.8 Å². The van der Waals surface area contributed by atoms with Crippen LogP contribution in [0.4, 0.5) is 4.39 Å². The van der Waals surface area contributed by atoms with Gasteiger partial charge in [0.1, 0.15) is 5.82 Å². The molecule has 0 bridgehead atoms. The molecule has 1 aliphatic heterocycles. The highest BCUT2D eigenvalue weighted by Crippen LogP contribution is 2.18. The third-order valence-electron chi connectivity index (χ3n) is 3.39. The average molecular weight is 287 g/mol. The van der Waals surface area contributed by atoms with E-state index in [0.29, 0.717) is 31.6 Å². The first-order chi connectivity index (χ1) is 8.96. The van der Waals surface area contributed by atoms with Gasteiger partial charge in [-0.15, -0.1) is 0 Å². The first-order valence-corrected chi connectivity index (χ1v) is 8.15. The summed E-state index contributed by atoms with van der Waals surface area (Å²) in [4.78, 5) is 2.02. The summed E-state index contributed by atoms with van der Waals surface area (Å²) in [6.45, 7) is 1.64. The second kappa shape index (κ2) is 5.98. The van der Waals surface area contributed by atoms with E-state index in [9.17, 15) is 17.9 Å². The summed E-state index contributed by atoms with van der Waals surface area (Å²) in [6, 6.07) is 5.92. The van der Waals surface area contributed by atoms with E-state index >= 15 is 0 Å². The number of hydrogen-bond donors (Lipinski definition) is 1. The van der Waals surface area contributed by atoms with Crippen molar-refractivity contribution in [3.05, 3.63) is 35.6 Å². The molecule has 0 spiro atoms. The smallest absolute Gasteiger partial charge is 0.152 e. The minimum Gasteiger partial charge on any atom is -0.388 e. The Morgan fingerprint density at radius 1 is 1.32 bits per heavy atom. The Morgan fingerprint density at radius 3 is 2.63 bits per heavy atom. The molecule has 1 saturated heterocycles. The summed E-state index contributed by atoms with van der Waals surface area (Å²) in [5.41, 5.74) is 0.560. The van der Waals surface area contributed by atoms with Gasteiger partial charge in [-0.3, -0.25) is 0 Å². The lowest BCUT2D eigenvalue weighted by atomic mass is 10.1. The largest absolute Gasteiger partial charge is 0.388 e. The van der Waals surface area contributed by atoms with Crippen molar-refractivity contribution in [1.29, 1.82) is 0 Å². The van der Waals surface area contributed by atoms with E-state index in [1.807, 2.05) is 4.90 Å². The molecule has 2 rings (SSSR count). The first kappa shape index (κ1) is 14.4. The average Bonchev–Trinajstić information content (AvgIpc) is 2.37. The molecule has 6 heteroatoms. The van der Waals surface area contributed by atoms with Crippen molar-refractivity contribution in [2.45, 2.75) is 12.5 Å². The fourth-order valence-corrected chi connectivity index (χ4v) is 3.44. The number of benzene rings is 1. The van der Waals surface area contributed by atoms with Crippen LogP contribution in [0.25, 0.3) is 0 Å². The van der Waals surface area contributed by atoms with Crippen molar-refractivity contribution < 1.29 is 17.9 Å². The molecule has 0 saturated carbocycles. The number of rotatable bonds is 4. The normalized spacial score (nSPS) is 21.2. The minimum atomic E-state index is -2.87. The van der Waals surface area contributed by atoms with E-state index in [2.05, 4.69) is 0 Å². The van der Waals surface area contributed by atoms with Crippen LogP contribution >= 0.6 is 0 Å². The maximum Gasteiger partial charge on any atom is 0.152 e. The van der Waals surface area contributed by atoms with Gasteiger partial charge in [0.2, 0.25) is 0 Å². The van der Waals surface area contributed by atoms with Gasteiger partial charge in [0.05, 0.1) is 17.6 Å². The zero-order valence-electron chi connectivity index (χ0n) is 10.6. The van der Waals surface area contributed by atoms with Crippen LogP contribution < -0.4 is 0 Å². The van der Waals surface area contributed by atoms with Crippen LogP contribution in [0.15, 0.2) is 24.3 Å². The third kappa shape index (κ3) is 4.26. The highest BCUT2D eigenvalue weighted by molar-refractivity contribution is 7.91. The predicted octanol–water partition coefficient (Wildman–Crippen LogP) is 0.980. The zero-order chi connectivity index (χ0) is 13.9. The zero-order valence-corrected chi connectivity index (χ0v) is 11.4. The maximum absolute atomic E-state index is 13.0. The van der Waals surface area contributed by atoms with Gasteiger partial charge in [0, 0.05) is 19.6 Å². The van der Waals surface area contributed by atoms with Crippen molar-refractivity contribution in [2.75, 3.05) is 31.1 Å². The van der Waals surface area contributed by atoms with Gasteiger partial charge in [0.15, 0.2) is 9.84 Å². The van der Waals surface area contributed by atoms with E-state index in [1.165, 1.54) is 12.1 Å². The van der Waals surface area contributed by atoms with Crippen LogP contribution in [-0.2, 0) is 9.84 Å². The molecule has 0 radical (unpaired) electrons. The minimum absolute atomic E-state index is 0.184. The summed E-state index contributed by atoms with van der Waals surface area (Å²) < 4.78 is 35.6. The van der Waals surface area contributed by atoms with Gasteiger partial charge in [0.25, 0.3) is 0 Å². The Morgan fingerprint density at radius 2 is 2.00 bits per heavy atom. The van der Waals surface area contributed by atoms with Crippen molar-refractivity contribution in [3.63, 3.8) is 0 Å². The molecule has 0 amide bonds. The molecule has 4 nitrogen and oxygen atoms in total. The highest BCUT2D eigenvalue weighted by atomic mass is 32.2. The van der Waals surface area contributed by atoms with Crippen molar-refractivity contribution >= 4 is 9.84 Å². The van der Waals surface area contributed by atoms with E-state index in [-0.39, 0.29) is 17.3 Å². The molecule has 19 heavy (non-hydrogen) atoms. The standard InChI is InChI=1S/C13H18FNO3S/c14-12-3-1-2-11(10-12)13(16)4-5-15-6-8-19(17,18)9-7-15/h1-3,10,13,16H,4-9H2. The number of sulfone groups is 1. The van der Waals surface area contributed by atoms with Crippen LogP contribution in [-0.4, -0.2) is 49.6 Å². The Labute approximate surface area is 112 Å². The number of halogens is 1. The second-order valence-electron chi connectivity index (χ2n) is 4.85. The lowest BCUT2D eigenvalue weighted by Crippen LogP contribution is -2.40. The summed E-state index contributed by atoms with van der Waals surface area (Å²) in [6.07, 6.45) is -0.238. The molecular weight excluding hydrogens is 269 g/mol. The van der Waals surface area contributed by atoms with E-state index in [4.69, 9.17) is 0 Å². The molecular formula is C13H18FNO3S. The Hall–Kier alpha value is -0.980. The van der Waals surface area contributed by atoms with Gasteiger partial charge in [-0.1, -0.05) is 12.1 Å². The molecule has 1 N–H and O–H groups in total. The molecule has 1 unspecified atom stereocenters. The molecule has 0 aliphatic carbocycles. The van der Waals surface area contributed by atoms with Crippen LogP contribution in [0.1, 0.15) is 18.1 Å². The number of hydrogen-bond acceptors (Lipinski definition) is 4. The summed E-state index contributed by atoms with van der Waals surface area (Å²) in [5, 5.41) is 9.97. The fraction of sp³-hybridized carbons (Fsp3) is 0.538. The van der Waals surface area contributed by atoms with Gasteiger partial charge in [-0.05, 0) is 24.1 Å². The van der Waals surface area contributed by atoms with Crippen LogP contribution in [0.2, 0.25) is 0 Å². The van der Waals surface area contributed by atoms with Crippen molar-refractivity contribution in [2.24, 2.45) is 0 Å². The Balaban J connectivity index is 1.83. The maximum atomic E-state index is 13.0. The highest BCUT2D eigenvalue weighted by Gasteiger charge is 2.21. The molecule has 1 aromatic rings. The van der Waals surface area contributed by atoms with Gasteiger partial charge >= 0.3 is 0 Å². The molecule has 1 atom stereocenters. The Bertz CT molecular complexity index is 518. The number of aliphatic hydroxyl groups is 1. The summed E-state index contributed by atoms with van der Waals surface area (Å²) >= 11 is 0. The van der Waals surface area contributed by atoms with E-state index in [1.54, 1.807) is 12.1 Å². The third-order valence-corrected chi connectivity index (χ3v) is 5.00. The summed E-state index contributed by atoms with van der Waals surface area (Å²) in [5.74, 6) is 0.00664. The lowest BCUT2D eigenvalue weighted by Gasteiger charge is -2.27. The van der Waals surface area contributed by atoms with Crippen LogP contribution in [0.3, 0.4) is 0 Å². The van der Waals surface area contributed by atoms with Gasteiger partial charge in [-0.2, -0.15) is 0 Å². The van der Waals surface area contributed by atoms with E-state index < -0.39 is 15.9 Å². The van der Waals surface area contributed by atoms with Crippen LogP contribution in [0, 0.1) is 5.82 Å². The molecule has 1 aromatic carbocycles. The van der Waals surface area contributed by atoms with E-state index in [0.717, 1.165) is 0 Å². The molecule has 1 heterocycles. The van der Waals surface area contributed by atoms with Gasteiger partial charge < -0.3 is 10.0 Å². The molecule has 1 fully saturated rings. The topological polar surface area (TPSA) is 57.6 Å². The summed E-state index contributed by atoms with van der Waals surface area (Å²) in [7, 11) is -2.87. The lowest BCUT2D eigenvalue weighted by molar-refractivity contribution is 0.144. The quantitative estimate of drug-likeness (QED) is 0.897. The fourth-order valence-electron chi connectivity index (χ4n) is 2.16. The molecule has 0 aromatic heterocycles. The van der Waals surface area contributed by atoms with Crippen LogP contribution in [0.5, 0.6) is 0 Å². The monoisotopic (exact) mass is 287 g/mol. The SMILES string of the molecule is O=S1(=O)CCN(CCC(O)c2cccc(F)c2)CC1. The number of aliphatic hydroxyl groups excluding tert-OH is 1. The molecule has 1 aliphatic rings.